The summed E-state index contributed by atoms with van der Waals surface area (Å²) in [5, 5.41) is 3.38. The van der Waals surface area contributed by atoms with Crippen LogP contribution in [-0.4, -0.2) is 44.2 Å². The lowest BCUT2D eigenvalue weighted by molar-refractivity contribution is 0.191. The molecule has 4 heteroatoms. The van der Waals surface area contributed by atoms with Crippen LogP contribution in [0.2, 0.25) is 0 Å². The number of ether oxygens (including phenoxy) is 1. The van der Waals surface area contributed by atoms with E-state index in [-0.39, 0.29) is 0 Å². The smallest absolute Gasteiger partial charge is 0.119 e. The molecule has 0 atom stereocenters. The third-order valence-electron chi connectivity index (χ3n) is 5.29. The second-order valence-corrected chi connectivity index (χ2v) is 7.34. The van der Waals surface area contributed by atoms with E-state index in [1.807, 2.05) is 0 Å². The predicted molar refractivity (Wildman–Crippen MR) is 120 cm³/mol. The average Bonchev–Trinajstić information content (AvgIpc) is 2.80. The molecule has 1 heterocycles. The molecular formula is C25H29N3O. The Bertz CT molecular complexity index is 846. The van der Waals surface area contributed by atoms with E-state index in [9.17, 15) is 0 Å². The molecule has 1 N–H and O–H groups in total. The van der Waals surface area contributed by atoms with Crippen molar-refractivity contribution in [3.63, 3.8) is 0 Å². The average molecular weight is 388 g/mol. The van der Waals surface area contributed by atoms with Crippen LogP contribution >= 0.6 is 0 Å². The number of piperazine rings is 1. The van der Waals surface area contributed by atoms with Gasteiger partial charge in [-0.05, 0) is 42.0 Å². The van der Waals surface area contributed by atoms with Gasteiger partial charge in [0.25, 0.3) is 0 Å². The van der Waals surface area contributed by atoms with Gasteiger partial charge in [0.2, 0.25) is 0 Å². The third kappa shape index (κ3) is 5.59. The van der Waals surface area contributed by atoms with E-state index >= 15 is 0 Å². The van der Waals surface area contributed by atoms with Crippen LogP contribution in [0.1, 0.15) is 5.56 Å². The van der Waals surface area contributed by atoms with Crippen molar-refractivity contribution >= 4 is 11.4 Å². The molecule has 0 radical (unpaired) electrons. The Morgan fingerprint density at radius 2 is 1.38 bits per heavy atom. The van der Waals surface area contributed by atoms with Gasteiger partial charge in [0.1, 0.15) is 12.4 Å². The minimum absolute atomic E-state index is 0.728. The maximum atomic E-state index is 5.99. The zero-order chi connectivity index (χ0) is 19.7. The van der Waals surface area contributed by atoms with Crippen molar-refractivity contribution in [3.8, 4) is 5.75 Å². The van der Waals surface area contributed by atoms with Gasteiger partial charge in [-0.1, -0.05) is 48.5 Å². The largest absolute Gasteiger partial charge is 0.492 e. The van der Waals surface area contributed by atoms with Gasteiger partial charge in [-0.3, -0.25) is 4.90 Å². The molecule has 1 aliphatic heterocycles. The Kier molecular flexibility index (Phi) is 6.79. The van der Waals surface area contributed by atoms with Crippen molar-refractivity contribution in [1.82, 2.24) is 10.2 Å². The maximum absolute atomic E-state index is 5.99. The highest BCUT2D eigenvalue weighted by Gasteiger charge is 2.11. The van der Waals surface area contributed by atoms with E-state index in [1.54, 1.807) is 0 Å². The third-order valence-corrected chi connectivity index (χ3v) is 5.29. The fourth-order valence-corrected chi connectivity index (χ4v) is 3.66. The summed E-state index contributed by atoms with van der Waals surface area (Å²) in [6.07, 6.45) is 0. The monoisotopic (exact) mass is 387 g/mol. The second-order valence-electron chi connectivity index (χ2n) is 7.34. The molecule has 3 aromatic carbocycles. The topological polar surface area (TPSA) is 27.7 Å². The molecule has 1 fully saturated rings. The van der Waals surface area contributed by atoms with Crippen molar-refractivity contribution < 1.29 is 4.74 Å². The van der Waals surface area contributed by atoms with Gasteiger partial charge in [0.15, 0.2) is 0 Å². The summed E-state index contributed by atoms with van der Waals surface area (Å²) in [5.74, 6) is 0.927. The van der Waals surface area contributed by atoms with Gasteiger partial charge in [-0.2, -0.15) is 0 Å². The molecule has 150 valence electrons. The van der Waals surface area contributed by atoms with Crippen LogP contribution in [0, 0.1) is 0 Å². The van der Waals surface area contributed by atoms with Crippen molar-refractivity contribution in [2.75, 3.05) is 44.2 Å². The molecule has 1 saturated heterocycles. The maximum Gasteiger partial charge on any atom is 0.119 e. The Labute approximate surface area is 173 Å². The summed E-state index contributed by atoms with van der Waals surface area (Å²) in [4.78, 5) is 4.78. The van der Waals surface area contributed by atoms with Crippen LogP contribution in [0.4, 0.5) is 11.4 Å². The van der Waals surface area contributed by atoms with E-state index in [2.05, 4.69) is 100 Å². The Hall–Kier alpha value is -2.82. The zero-order valence-electron chi connectivity index (χ0n) is 16.8. The van der Waals surface area contributed by atoms with E-state index < -0.39 is 0 Å². The Balaban J connectivity index is 1.42. The first-order valence-electron chi connectivity index (χ1n) is 10.4. The number of nitrogens with one attached hydrogen (secondary N) is 1. The molecule has 0 aliphatic carbocycles. The summed E-state index contributed by atoms with van der Waals surface area (Å²) >= 11 is 0. The van der Waals surface area contributed by atoms with Crippen LogP contribution in [-0.2, 0) is 6.54 Å². The standard InChI is InChI=1S/C25H29N3O/c1-3-7-22(8-4-1)21-28(23-9-5-2-6-10-23)24-11-13-25(14-12-24)29-20-19-27-17-15-26-16-18-27/h1-14,26H,15-21H2. The molecule has 0 unspecified atom stereocenters. The van der Waals surface area contributed by atoms with Crippen LogP contribution in [0.15, 0.2) is 84.9 Å². The van der Waals surface area contributed by atoms with E-state index in [0.717, 1.165) is 57.3 Å². The van der Waals surface area contributed by atoms with Crippen LogP contribution in [0.25, 0.3) is 0 Å². The SMILES string of the molecule is c1ccc(CN(c2ccccc2)c2ccc(OCCN3CCNCC3)cc2)cc1. The van der Waals surface area contributed by atoms with Crippen molar-refractivity contribution in [3.05, 3.63) is 90.5 Å². The normalized spacial score (nSPS) is 14.5. The lowest BCUT2D eigenvalue weighted by Crippen LogP contribution is -2.44. The molecule has 0 amide bonds. The van der Waals surface area contributed by atoms with Crippen molar-refractivity contribution in [1.29, 1.82) is 0 Å². The van der Waals surface area contributed by atoms with Gasteiger partial charge in [0, 0.05) is 50.6 Å². The summed E-state index contributed by atoms with van der Waals surface area (Å²) in [6.45, 7) is 6.89. The van der Waals surface area contributed by atoms with Gasteiger partial charge in [-0.15, -0.1) is 0 Å². The summed E-state index contributed by atoms with van der Waals surface area (Å²) in [6, 6.07) is 29.6. The fourth-order valence-electron chi connectivity index (χ4n) is 3.66. The molecule has 29 heavy (non-hydrogen) atoms. The summed E-state index contributed by atoms with van der Waals surface area (Å²) < 4.78 is 5.99. The molecule has 3 aromatic rings. The first-order chi connectivity index (χ1) is 14.4. The number of hydrogen-bond acceptors (Lipinski definition) is 4. The molecule has 0 aromatic heterocycles. The highest BCUT2D eigenvalue weighted by atomic mass is 16.5. The lowest BCUT2D eigenvalue weighted by atomic mass is 10.1. The fraction of sp³-hybridized carbons (Fsp3) is 0.280. The number of para-hydroxylation sites is 1. The second kappa shape index (κ2) is 10.1. The molecular weight excluding hydrogens is 358 g/mol. The summed E-state index contributed by atoms with van der Waals surface area (Å²) in [5.41, 5.74) is 3.63. The molecule has 0 bridgehead atoms. The van der Waals surface area contributed by atoms with Crippen molar-refractivity contribution in [2.45, 2.75) is 6.54 Å². The first-order valence-corrected chi connectivity index (χ1v) is 10.4. The minimum Gasteiger partial charge on any atom is -0.492 e. The van der Waals surface area contributed by atoms with Gasteiger partial charge < -0.3 is 15.0 Å². The van der Waals surface area contributed by atoms with Crippen LogP contribution in [0.5, 0.6) is 5.75 Å². The molecule has 0 saturated carbocycles. The molecule has 4 nitrogen and oxygen atoms in total. The van der Waals surface area contributed by atoms with Crippen LogP contribution in [0.3, 0.4) is 0 Å². The van der Waals surface area contributed by atoms with Gasteiger partial charge in [-0.25, -0.2) is 0 Å². The van der Waals surface area contributed by atoms with Gasteiger partial charge >= 0.3 is 0 Å². The van der Waals surface area contributed by atoms with E-state index in [0.29, 0.717) is 0 Å². The quantitative estimate of drug-likeness (QED) is 0.623. The van der Waals surface area contributed by atoms with Gasteiger partial charge in [0.05, 0.1) is 0 Å². The first kappa shape index (κ1) is 19.5. The highest BCUT2D eigenvalue weighted by molar-refractivity contribution is 5.64. The Morgan fingerprint density at radius 1 is 0.759 bits per heavy atom. The zero-order valence-corrected chi connectivity index (χ0v) is 16.8. The minimum atomic E-state index is 0.728. The van der Waals surface area contributed by atoms with Crippen LogP contribution < -0.4 is 15.0 Å². The number of rotatable bonds is 8. The Morgan fingerprint density at radius 3 is 2.07 bits per heavy atom. The molecule has 4 rings (SSSR count). The molecule has 1 aliphatic rings. The number of nitrogens with zero attached hydrogens (tertiary/aromatic N) is 2. The number of benzene rings is 3. The lowest BCUT2D eigenvalue weighted by Gasteiger charge is -2.27. The van der Waals surface area contributed by atoms with E-state index in [1.165, 1.54) is 11.3 Å². The highest BCUT2D eigenvalue weighted by Crippen LogP contribution is 2.29. The molecule has 0 spiro atoms. The predicted octanol–water partition coefficient (Wildman–Crippen LogP) is 4.31. The van der Waals surface area contributed by atoms with E-state index in [4.69, 9.17) is 4.74 Å². The summed E-state index contributed by atoms with van der Waals surface area (Å²) in [7, 11) is 0. The number of hydrogen-bond donors (Lipinski definition) is 1. The number of anilines is 2. The van der Waals surface area contributed by atoms with Crippen molar-refractivity contribution in [2.24, 2.45) is 0 Å².